The van der Waals surface area contributed by atoms with Crippen molar-refractivity contribution < 1.29 is 19.0 Å². The van der Waals surface area contributed by atoms with Crippen LogP contribution in [0.25, 0.3) is 0 Å². The van der Waals surface area contributed by atoms with E-state index in [0.717, 1.165) is 22.6 Å². The van der Waals surface area contributed by atoms with Crippen LogP contribution >= 0.6 is 0 Å². The van der Waals surface area contributed by atoms with Gasteiger partial charge < -0.3 is 19.1 Å². The summed E-state index contributed by atoms with van der Waals surface area (Å²) < 4.78 is 15.9. The molecule has 7 nitrogen and oxygen atoms in total. The zero-order valence-electron chi connectivity index (χ0n) is 14.2. The largest absolute Gasteiger partial charge is 0.497 e. The van der Waals surface area contributed by atoms with Gasteiger partial charge in [-0.05, 0) is 24.6 Å². The van der Waals surface area contributed by atoms with Crippen molar-refractivity contribution in [1.29, 1.82) is 0 Å². The summed E-state index contributed by atoms with van der Waals surface area (Å²) in [6.45, 7) is 2.23. The van der Waals surface area contributed by atoms with Crippen LogP contribution in [0, 0.1) is 6.92 Å². The molecule has 0 saturated carbocycles. The minimum absolute atomic E-state index is 0.138. The summed E-state index contributed by atoms with van der Waals surface area (Å²) in [7, 11) is 4.73. The average Bonchev–Trinajstić information content (AvgIpc) is 3.11. The second-order valence-electron chi connectivity index (χ2n) is 5.65. The number of carbonyl (C=O) groups excluding carboxylic acids is 1. The number of carbonyl (C=O) groups is 1. The molecule has 2 heterocycles. The van der Waals surface area contributed by atoms with E-state index in [0.29, 0.717) is 12.2 Å². The Morgan fingerprint density at radius 1 is 1.29 bits per heavy atom. The molecule has 1 aliphatic rings. The molecule has 0 spiro atoms. The molecule has 24 heavy (non-hydrogen) atoms. The average molecular weight is 331 g/mol. The zero-order chi connectivity index (χ0) is 17.3. The second kappa shape index (κ2) is 6.62. The molecule has 1 aromatic heterocycles. The van der Waals surface area contributed by atoms with Crippen molar-refractivity contribution in [3.05, 3.63) is 46.8 Å². The highest BCUT2D eigenvalue weighted by Crippen LogP contribution is 2.40. The Bertz CT molecular complexity index is 739. The number of nitrogens with zero attached hydrogens (tertiary/aromatic N) is 2. The molecule has 1 aliphatic heterocycles. The third-order valence-corrected chi connectivity index (χ3v) is 4.32. The predicted molar refractivity (Wildman–Crippen MR) is 87.0 cm³/mol. The Morgan fingerprint density at radius 3 is 2.71 bits per heavy atom. The lowest BCUT2D eigenvalue weighted by atomic mass is 9.99. The van der Waals surface area contributed by atoms with Gasteiger partial charge in [-0.2, -0.15) is 5.10 Å². The topological polar surface area (TPSA) is 76.7 Å². The van der Waals surface area contributed by atoms with Crippen LogP contribution < -0.4 is 4.74 Å². The van der Waals surface area contributed by atoms with Gasteiger partial charge in [0.15, 0.2) is 12.0 Å². The van der Waals surface area contributed by atoms with E-state index in [1.165, 1.54) is 0 Å². The van der Waals surface area contributed by atoms with Gasteiger partial charge in [-0.25, -0.2) is 0 Å². The van der Waals surface area contributed by atoms with Crippen LogP contribution in [0.15, 0.2) is 24.3 Å². The van der Waals surface area contributed by atoms with Crippen molar-refractivity contribution >= 4 is 5.91 Å². The molecular weight excluding hydrogens is 310 g/mol. The number of amides is 1. The van der Waals surface area contributed by atoms with Gasteiger partial charge >= 0.3 is 0 Å². The lowest BCUT2D eigenvalue weighted by Crippen LogP contribution is -2.38. The van der Waals surface area contributed by atoms with Crippen LogP contribution in [-0.2, 0) is 9.47 Å². The molecule has 0 aliphatic carbocycles. The first kappa shape index (κ1) is 16.5. The Hall–Kier alpha value is -2.38. The molecule has 3 rings (SSSR count). The summed E-state index contributed by atoms with van der Waals surface area (Å²) >= 11 is 0. The van der Waals surface area contributed by atoms with Crippen molar-refractivity contribution in [2.45, 2.75) is 19.3 Å². The smallest absolute Gasteiger partial charge is 0.275 e. The highest BCUT2D eigenvalue weighted by molar-refractivity contribution is 5.98. The fourth-order valence-corrected chi connectivity index (χ4v) is 3.10. The number of H-pyrrole nitrogens is 1. The van der Waals surface area contributed by atoms with Gasteiger partial charge in [0, 0.05) is 25.5 Å². The molecule has 0 fully saturated rings. The van der Waals surface area contributed by atoms with Crippen LogP contribution in [0.5, 0.6) is 5.75 Å². The molecule has 2 aromatic rings. The van der Waals surface area contributed by atoms with Gasteiger partial charge in [0.05, 0.1) is 19.7 Å². The van der Waals surface area contributed by atoms with Gasteiger partial charge in [0.2, 0.25) is 0 Å². The summed E-state index contributed by atoms with van der Waals surface area (Å²) in [5, 5.41) is 7.08. The molecule has 1 aromatic carbocycles. The minimum Gasteiger partial charge on any atom is -0.497 e. The highest BCUT2D eigenvalue weighted by atomic mass is 16.7. The van der Waals surface area contributed by atoms with Crippen molar-refractivity contribution in [3.8, 4) is 5.75 Å². The number of methoxy groups -OCH3 is 3. The Balaban J connectivity index is 2.05. The number of hydrogen-bond acceptors (Lipinski definition) is 5. The van der Waals surface area contributed by atoms with Gasteiger partial charge in [-0.3, -0.25) is 9.89 Å². The maximum absolute atomic E-state index is 12.8. The fourth-order valence-electron chi connectivity index (χ4n) is 3.10. The molecule has 1 amide bonds. The van der Waals surface area contributed by atoms with E-state index in [1.54, 1.807) is 26.2 Å². The molecule has 1 N–H and O–H groups in total. The summed E-state index contributed by atoms with van der Waals surface area (Å²) in [4.78, 5) is 14.5. The lowest BCUT2D eigenvalue weighted by molar-refractivity contribution is -0.113. The Labute approximate surface area is 140 Å². The monoisotopic (exact) mass is 331 g/mol. The quantitative estimate of drug-likeness (QED) is 0.818. The number of aromatic amines is 1. The van der Waals surface area contributed by atoms with Crippen molar-refractivity contribution in [3.63, 3.8) is 0 Å². The molecule has 0 saturated heterocycles. The lowest BCUT2D eigenvalue weighted by Gasteiger charge is -2.29. The molecule has 1 atom stereocenters. The first-order valence-corrected chi connectivity index (χ1v) is 7.66. The van der Waals surface area contributed by atoms with Crippen LogP contribution in [0.1, 0.15) is 33.4 Å². The number of hydrogen-bond donors (Lipinski definition) is 1. The van der Waals surface area contributed by atoms with Crippen LogP contribution in [0.2, 0.25) is 0 Å². The SMILES string of the molecule is COc1cccc(C2c3c(n[nH]c3C)C(=O)N2CC(OC)OC)c1. The number of benzene rings is 1. The number of rotatable bonds is 6. The number of nitrogens with one attached hydrogen (secondary N) is 1. The summed E-state index contributed by atoms with van der Waals surface area (Å²) in [5.74, 6) is 0.603. The van der Waals surface area contributed by atoms with Crippen molar-refractivity contribution in [2.75, 3.05) is 27.9 Å². The predicted octanol–water partition coefficient (Wildman–Crippen LogP) is 1.89. The van der Waals surface area contributed by atoms with Crippen LogP contribution in [-0.4, -0.2) is 55.2 Å². The number of fused-ring (bicyclic) bond motifs is 1. The van der Waals surface area contributed by atoms with Gasteiger partial charge in [0.25, 0.3) is 5.91 Å². The van der Waals surface area contributed by atoms with Crippen molar-refractivity contribution in [2.24, 2.45) is 0 Å². The van der Waals surface area contributed by atoms with Crippen LogP contribution in [0.4, 0.5) is 0 Å². The minimum atomic E-state index is -0.504. The van der Waals surface area contributed by atoms with E-state index >= 15 is 0 Å². The van der Waals surface area contributed by atoms with E-state index < -0.39 is 6.29 Å². The molecule has 7 heteroatoms. The summed E-state index contributed by atoms with van der Waals surface area (Å²) in [6, 6.07) is 7.44. The van der Waals surface area contributed by atoms with E-state index in [-0.39, 0.29) is 11.9 Å². The van der Waals surface area contributed by atoms with E-state index in [4.69, 9.17) is 14.2 Å². The van der Waals surface area contributed by atoms with E-state index in [9.17, 15) is 4.79 Å². The van der Waals surface area contributed by atoms with E-state index in [1.807, 2.05) is 31.2 Å². The third-order valence-electron chi connectivity index (χ3n) is 4.32. The molecule has 128 valence electrons. The maximum atomic E-state index is 12.8. The molecule has 0 bridgehead atoms. The van der Waals surface area contributed by atoms with Gasteiger partial charge in [-0.1, -0.05) is 12.1 Å². The third kappa shape index (κ3) is 2.65. The van der Waals surface area contributed by atoms with Crippen molar-refractivity contribution in [1.82, 2.24) is 15.1 Å². The first-order valence-electron chi connectivity index (χ1n) is 7.66. The zero-order valence-corrected chi connectivity index (χ0v) is 14.2. The first-order chi connectivity index (χ1) is 11.6. The molecule has 0 radical (unpaired) electrons. The van der Waals surface area contributed by atoms with Gasteiger partial charge in [0.1, 0.15) is 5.75 Å². The summed E-state index contributed by atoms with van der Waals surface area (Å²) in [5.41, 5.74) is 3.17. The normalized spacial score (nSPS) is 16.8. The maximum Gasteiger partial charge on any atom is 0.275 e. The summed E-state index contributed by atoms with van der Waals surface area (Å²) in [6.07, 6.45) is -0.504. The second-order valence-corrected chi connectivity index (χ2v) is 5.65. The van der Waals surface area contributed by atoms with Gasteiger partial charge in [-0.15, -0.1) is 0 Å². The number of ether oxygens (including phenoxy) is 3. The molecule has 1 unspecified atom stereocenters. The highest BCUT2D eigenvalue weighted by Gasteiger charge is 2.42. The van der Waals surface area contributed by atoms with Crippen LogP contribution in [0.3, 0.4) is 0 Å². The number of aromatic nitrogens is 2. The van der Waals surface area contributed by atoms with E-state index in [2.05, 4.69) is 10.2 Å². The standard InChI is InChI=1S/C17H21N3O4/c1-10-14-15(19-18-10)17(21)20(9-13(23-3)24-4)16(14)11-6-5-7-12(8-11)22-2/h5-8,13,16H,9H2,1-4H3,(H,18,19). The number of aryl methyl sites for hydroxylation is 1. The Morgan fingerprint density at radius 2 is 2.04 bits per heavy atom. The fraction of sp³-hybridized carbons (Fsp3) is 0.412. The Kier molecular flexibility index (Phi) is 4.55. The molecular formula is C17H21N3O4.